The molecule has 0 saturated carbocycles. The van der Waals surface area contributed by atoms with E-state index < -0.39 is 0 Å². The Morgan fingerprint density at radius 3 is 3.04 bits per heavy atom. The van der Waals surface area contributed by atoms with Crippen molar-refractivity contribution in [1.82, 2.24) is 9.80 Å². The standard InChI is InChI=1S/C18H30N2O3/c1-15(2)19(3)11-17-6-7-18(23-17)13-20(8-10-21-14-18)12-16-5-4-9-22-16/h4-5,9,15,17H,6-8,10-14H2,1-3H3. The molecule has 2 atom stereocenters. The molecule has 130 valence electrons. The molecule has 0 aromatic carbocycles. The number of hydrogen-bond donors (Lipinski definition) is 0. The first-order valence-corrected chi connectivity index (χ1v) is 8.77. The predicted octanol–water partition coefficient (Wildman–Crippen LogP) is 2.37. The van der Waals surface area contributed by atoms with Crippen molar-refractivity contribution in [2.45, 2.75) is 51.0 Å². The van der Waals surface area contributed by atoms with Crippen LogP contribution < -0.4 is 0 Å². The molecule has 2 aliphatic rings. The Balaban J connectivity index is 1.59. The first-order chi connectivity index (χ1) is 11.1. The molecule has 1 aromatic heterocycles. The molecule has 3 rings (SSSR count). The number of furan rings is 1. The van der Waals surface area contributed by atoms with Gasteiger partial charge in [0.15, 0.2) is 0 Å². The highest BCUT2D eigenvalue weighted by Crippen LogP contribution is 2.33. The zero-order valence-electron chi connectivity index (χ0n) is 14.7. The lowest BCUT2D eigenvalue weighted by atomic mass is 10.00. The molecule has 2 fully saturated rings. The van der Waals surface area contributed by atoms with Gasteiger partial charge in [0.05, 0.1) is 32.1 Å². The van der Waals surface area contributed by atoms with Gasteiger partial charge < -0.3 is 18.8 Å². The number of hydrogen-bond acceptors (Lipinski definition) is 5. The van der Waals surface area contributed by atoms with Gasteiger partial charge in [-0.3, -0.25) is 4.90 Å². The summed E-state index contributed by atoms with van der Waals surface area (Å²) in [6, 6.07) is 4.54. The van der Waals surface area contributed by atoms with E-state index in [4.69, 9.17) is 13.9 Å². The molecule has 2 unspecified atom stereocenters. The zero-order chi connectivity index (χ0) is 16.3. The molecule has 0 amide bonds. The Bertz CT molecular complexity index is 477. The monoisotopic (exact) mass is 322 g/mol. The van der Waals surface area contributed by atoms with E-state index in [-0.39, 0.29) is 5.60 Å². The van der Waals surface area contributed by atoms with Gasteiger partial charge in [-0.2, -0.15) is 0 Å². The van der Waals surface area contributed by atoms with E-state index in [0.29, 0.717) is 18.8 Å². The van der Waals surface area contributed by atoms with Gasteiger partial charge in [-0.15, -0.1) is 0 Å². The Morgan fingerprint density at radius 2 is 2.30 bits per heavy atom. The topological polar surface area (TPSA) is 38.1 Å². The minimum absolute atomic E-state index is 0.147. The summed E-state index contributed by atoms with van der Waals surface area (Å²) >= 11 is 0. The molecule has 0 radical (unpaired) electrons. The van der Waals surface area contributed by atoms with Crippen LogP contribution >= 0.6 is 0 Å². The van der Waals surface area contributed by atoms with Crippen LogP contribution in [0.2, 0.25) is 0 Å². The molecule has 1 spiro atoms. The van der Waals surface area contributed by atoms with Crippen LogP contribution in [-0.2, 0) is 16.0 Å². The van der Waals surface area contributed by atoms with Crippen LogP contribution in [0, 0.1) is 0 Å². The second-order valence-electron chi connectivity index (χ2n) is 7.34. The van der Waals surface area contributed by atoms with Gasteiger partial charge in [0, 0.05) is 25.7 Å². The Morgan fingerprint density at radius 1 is 1.43 bits per heavy atom. The smallest absolute Gasteiger partial charge is 0.117 e. The molecule has 0 N–H and O–H groups in total. The van der Waals surface area contributed by atoms with Gasteiger partial charge in [-0.05, 0) is 45.9 Å². The maximum absolute atomic E-state index is 6.50. The van der Waals surface area contributed by atoms with E-state index in [9.17, 15) is 0 Å². The van der Waals surface area contributed by atoms with E-state index in [1.165, 1.54) is 0 Å². The quantitative estimate of drug-likeness (QED) is 0.832. The van der Waals surface area contributed by atoms with Crippen LogP contribution in [0.3, 0.4) is 0 Å². The third kappa shape index (κ3) is 4.35. The molecule has 5 nitrogen and oxygen atoms in total. The Hall–Kier alpha value is -0.880. The van der Waals surface area contributed by atoms with E-state index in [1.54, 1.807) is 6.26 Å². The fraction of sp³-hybridized carbons (Fsp3) is 0.778. The molecular weight excluding hydrogens is 292 g/mol. The lowest BCUT2D eigenvalue weighted by Gasteiger charge is -2.32. The molecule has 3 heterocycles. The summed E-state index contributed by atoms with van der Waals surface area (Å²) in [5, 5.41) is 0. The van der Waals surface area contributed by atoms with Crippen LogP contribution in [0.5, 0.6) is 0 Å². The highest BCUT2D eigenvalue weighted by atomic mass is 16.6. The van der Waals surface area contributed by atoms with Crippen molar-refractivity contribution >= 4 is 0 Å². The summed E-state index contributed by atoms with van der Waals surface area (Å²) in [5.41, 5.74) is -0.147. The fourth-order valence-corrected chi connectivity index (χ4v) is 3.52. The maximum Gasteiger partial charge on any atom is 0.117 e. The molecule has 1 aromatic rings. The molecule has 23 heavy (non-hydrogen) atoms. The van der Waals surface area contributed by atoms with Gasteiger partial charge in [0.25, 0.3) is 0 Å². The van der Waals surface area contributed by atoms with Crippen LogP contribution in [0.1, 0.15) is 32.4 Å². The molecule has 2 saturated heterocycles. The number of ether oxygens (including phenoxy) is 2. The van der Waals surface area contributed by atoms with Crippen molar-refractivity contribution in [2.75, 3.05) is 39.9 Å². The summed E-state index contributed by atoms with van der Waals surface area (Å²) < 4.78 is 17.9. The average Bonchev–Trinajstić information content (AvgIpc) is 3.09. The number of nitrogens with zero attached hydrogens (tertiary/aromatic N) is 2. The van der Waals surface area contributed by atoms with E-state index >= 15 is 0 Å². The largest absolute Gasteiger partial charge is 0.468 e. The van der Waals surface area contributed by atoms with Crippen molar-refractivity contribution < 1.29 is 13.9 Å². The minimum Gasteiger partial charge on any atom is -0.468 e. The molecule has 0 bridgehead atoms. The maximum atomic E-state index is 6.50. The van der Waals surface area contributed by atoms with Gasteiger partial charge in [0.1, 0.15) is 11.4 Å². The van der Waals surface area contributed by atoms with Crippen molar-refractivity contribution in [2.24, 2.45) is 0 Å². The molecule has 2 aliphatic heterocycles. The highest BCUT2D eigenvalue weighted by Gasteiger charge is 2.43. The first kappa shape index (κ1) is 17.0. The Labute approximate surface area is 139 Å². The fourth-order valence-electron chi connectivity index (χ4n) is 3.52. The second-order valence-corrected chi connectivity index (χ2v) is 7.34. The molecular formula is C18H30N2O3. The summed E-state index contributed by atoms with van der Waals surface area (Å²) in [6.07, 6.45) is 4.26. The van der Waals surface area contributed by atoms with Crippen LogP contribution in [-0.4, -0.2) is 67.4 Å². The van der Waals surface area contributed by atoms with Crippen molar-refractivity contribution in [3.05, 3.63) is 24.2 Å². The minimum atomic E-state index is -0.147. The zero-order valence-corrected chi connectivity index (χ0v) is 14.7. The molecule has 5 heteroatoms. The van der Waals surface area contributed by atoms with Gasteiger partial charge >= 0.3 is 0 Å². The Kier molecular flexibility index (Phi) is 5.42. The van der Waals surface area contributed by atoms with Gasteiger partial charge in [0.2, 0.25) is 0 Å². The lowest BCUT2D eigenvalue weighted by molar-refractivity contribution is -0.0926. The third-order valence-electron chi connectivity index (χ3n) is 5.10. The second kappa shape index (κ2) is 7.34. The van der Waals surface area contributed by atoms with E-state index in [1.807, 2.05) is 12.1 Å². The normalized spacial score (nSPS) is 29.7. The van der Waals surface area contributed by atoms with Crippen molar-refractivity contribution in [1.29, 1.82) is 0 Å². The van der Waals surface area contributed by atoms with Crippen molar-refractivity contribution in [3.63, 3.8) is 0 Å². The third-order valence-corrected chi connectivity index (χ3v) is 5.10. The lowest BCUT2D eigenvalue weighted by Crippen LogP contribution is -2.45. The van der Waals surface area contributed by atoms with Crippen LogP contribution in [0.15, 0.2) is 22.8 Å². The van der Waals surface area contributed by atoms with Gasteiger partial charge in [-0.25, -0.2) is 0 Å². The average molecular weight is 322 g/mol. The highest BCUT2D eigenvalue weighted by molar-refractivity contribution is 5.00. The van der Waals surface area contributed by atoms with Crippen molar-refractivity contribution in [3.8, 4) is 0 Å². The summed E-state index contributed by atoms with van der Waals surface area (Å²) in [7, 11) is 2.17. The summed E-state index contributed by atoms with van der Waals surface area (Å²) in [6.45, 7) is 9.62. The number of rotatable bonds is 5. The molecule has 0 aliphatic carbocycles. The van der Waals surface area contributed by atoms with Crippen LogP contribution in [0.4, 0.5) is 0 Å². The first-order valence-electron chi connectivity index (χ1n) is 8.77. The van der Waals surface area contributed by atoms with E-state index in [0.717, 1.165) is 51.4 Å². The van der Waals surface area contributed by atoms with Crippen LogP contribution in [0.25, 0.3) is 0 Å². The summed E-state index contributed by atoms with van der Waals surface area (Å²) in [5.74, 6) is 1.01. The van der Waals surface area contributed by atoms with Gasteiger partial charge in [-0.1, -0.05) is 0 Å². The number of likely N-dealkylation sites (N-methyl/N-ethyl adjacent to an activating group) is 1. The summed E-state index contributed by atoms with van der Waals surface area (Å²) in [4.78, 5) is 4.77. The van der Waals surface area contributed by atoms with E-state index in [2.05, 4.69) is 30.7 Å². The predicted molar refractivity (Wildman–Crippen MR) is 89.4 cm³/mol. The SMILES string of the molecule is CC(C)N(C)CC1CCC2(COCCN(Cc3ccco3)C2)O1.